The number of aliphatic hydroxyl groups excluding tert-OH is 2. The highest BCUT2D eigenvalue weighted by Gasteiger charge is 2.12. The summed E-state index contributed by atoms with van der Waals surface area (Å²) in [5.41, 5.74) is 0. The van der Waals surface area contributed by atoms with E-state index >= 15 is 0 Å². The second-order valence-corrected chi connectivity index (χ2v) is 2.12. The quantitative estimate of drug-likeness (QED) is 0.511. The predicted molar refractivity (Wildman–Crippen MR) is 43.2 cm³/mol. The first-order valence-electron chi connectivity index (χ1n) is 4.06. The molecule has 0 saturated carbocycles. The molecule has 0 aliphatic heterocycles. The van der Waals surface area contributed by atoms with Gasteiger partial charge in [0.1, 0.15) is 13.2 Å². The van der Waals surface area contributed by atoms with E-state index in [0.717, 1.165) is 0 Å². The average Bonchev–Trinajstić information content (AvgIpc) is 2.17. The van der Waals surface area contributed by atoms with Gasteiger partial charge in [-0.15, -0.1) is 0 Å². The van der Waals surface area contributed by atoms with E-state index in [4.69, 9.17) is 19.9 Å². The van der Waals surface area contributed by atoms with Gasteiger partial charge in [-0.3, -0.25) is 4.79 Å². The van der Waals surface area contributed by atoms with Crippen LogP contribution in [0.5, 0.6) is 0 Å². The summed E-state index contributed by atoms with van der Waals surface area (Å²) < 4.78 is 0. The van der Waals surface area contributed by atoms with Crippen molar-refractivity contribution in [3.8, 4) is 0 Å². The number of amides is 1. The Morgan fingerprint density at radius 1 is 1.23 bits per heavy atom. The van der Waals surface area contributed by atoms with Gasteiger partial charge in [-0.25, -0.2) is 9.68 Å². The summed E-state index contributed by atoms with van der Waals surface area (Å²) in [5, 5.41) is 17.5. The van der Waals surface area contributed by atoms with E-state index in [9.17, 15) is 4.79 Å². The number of rotatable bonds is 7. The van der Waals surface area contributed by atoms with Crippen LogP contribution in [0.15, 0.2) is 0 Å². The van der Waals surface area contributed by atoms with Gasteiger partial charge in [0.2, 0.25) is 0 Å². The summed E-state index contributed by atoms with van der Waals surface area (Å²) in [6.45, 7) is 1.22. The van der Waals surface area contributed by atoms with Gasteiger partial charge in [-0.1, -0.05) is 12.2 Å². The average molecular weight is 193 g/mol. The fourth-order valence-electron chi connectivity index (χ4n) is 0.558. The first kappa shape index (κ1) is 12.3. The van der Waals surface area contributed by atoms with Gasteiger partial charge in [-0.05, 0) is 0 Å². The molecular weight excluding hydrogens is 178 g/mol. The summed E-state index contributed by atoms with van der Waals surface area (Å²) in [6.07, 6.45) is 0.233. The van der Waals surface area contributed by atoms with Crippen LogP contribution in [0.3, 0.4) is 0 Å². The molecule has 6 heteroatoms. The topological polar surface area (TPSA) is 79.2 Å². The van der Waals surface area contributed by atoms with Crippen LogP contribution < -0.4 is 0 Å². The van der Waals surface area contributed by atoms with Crippen LogP contribution in [0.4, 0.5) is 0 Å². The summed E-state index contributed by atoms with van der Waals surface area (Å²) in [6, 6.07) is 0. The Kier molecular flexibility index (Phi) is 7.51. The molecule has 78 valence electrons. The number of hydroxylamine groups is 2. The lowest BCUT2D eigenvalue weighted by Crippen LogP contribution is -2.32. The van der Waals surface area contributed by atoms with E-state index < -0.39 is 0 Å². The molecule has 0 spiro atoms. The fraction of sp³-hybridized carbons (Fsp3) is 0.857. The van der Waals surface area contributed by atoms with Crippen LogP contribution in [0.2, 0.25) is 0 Å². The number of aliphatic hydroxyl groups is 2. The molecule has 0 aromatic rings. The van der Waals surface area contributed by atoms with Gasteiger partial charge in [0, 0.05) is 6.42 Å². The number of hydrogen-bond acceptors (Lipinski definition) is 5. The van der Waals surface area contributed by atoms with E-state index in [2.05, 4.69) is 0 Å². The monoisotopic (exact) mass is 193 g/mol. The van der Waals surface area contributed by atoms with E-state index in [1.54, 1.807) is 6.92 Å². The van der Waals surface area contributed by atoms with Crippen LogP contribution >= 0.6 is 0 Å². The molecule has 0 aliphatic carbocycles. The number of carbonyl (C=O) groups is 1. The third kappa shape index (κ3) is 5.53. The minimum absolute atomic E-state index is 0.0167. The van der Waals surface area contributed by atoms with Gasteiger partial charge in [0.05, 0.1) is 13.2 Å². The first-order valence-corrected chi connectivity index (χ1v) is 4.06. The number of hydrogen-bond donors (Lipinski definition) is 2. The molecule has 0 bridgehead atoms. The third-order valence-corrected chi connectivity index (χ3v) is 1.11. The standard InChI is InChI=1S/C7H15NO5/c1-2-7(11)8(12-5-3-9)13-6-4-10/h9-10H,2-6H2,1H3. The van der Waals surface area contributed by atoms with Crippen molar-refractivity contribution in [2.75, 3.05) is 26.4 Å². The van der Waals surface area contributed by atoms with Crippen molar-refractivity contribution in [1.29, 1.82) is 0 Å². The highest BCUT2D eigenvalue weighted by molar-refractivity contribution is 5.73. The summed E-state index contributed by atoms with van der Waals surface area (Å²) in [4.78, 5) is 20.5. The highest BCUT2D eigenvalue weighted by atomic mass is 17.0. The molecule has 13 heavy (non-hydrogen) atoms. The van der Waals surface area contributed by atoms with Crippen molar-refractivity contribution in [2.45, 2.75) is 13.3 Å². The maximum absolute atomic E-state index is 11.0. The Bertz CT molecular complexity index is 133. The summed E-state index contributed by atoms with van der Waals surface area (Å²) >= 11 is 0. The fourth-order valence-corrected chi connectivity index (χ4v) is 0.558. The maximum atomic E-state index is 11.0. The molecule has 0 aliphatic rings. The molecule has 6 nitrogen and oxygen atoms in total. The Hall–Kier alpha value is -0.690. The Morgan fingerprint density at radius 2 is 1.69 bits per heavy atom. The minimum atomic E-state index is -0.359. The molecule has 0 atom stereocenters. The van der Waals surface area contributed by atoms with Crippen molar-refractivity contribution in [2.24, 2.45) is 0 Å². The lowest BCUT2D eigenvalue weighted by atomic mass is 10.5. The minimum Gasteiger partial charge on any atom is -0.394 e. The largest absolute Gasteiger partial charge is 0.394 e. The van der Waals surface area contributed by atoms with Gasteiger partial charge < -0.3 is 10.2 Å². The van der Waals surface area contributed by atoms with E-state index in [1.807, 2.05) is 0 Å². The van der Waals surface area contributed by atoms with Crippen LogP contribution in [0.1, 0.15) is 13.3 Å². The zero-order valence-corrected chi connectivity index (χ0v) is 7.60. The second kappa shape index (κ2) is 7.93. The van der Waals surface area contributed by atoms with Crippen LogP contribution in [-0.4, -0.2) is 47.8 Å². The van der Waals surface area contributed by atoms with E-state index in [1.165, 1.54) is 0 Å². The molecule has 0 fully saturated rings. The third-order valence-electron chi connectivity index (χ3n) is 1.11. The zero-order valence-electron chi connectivity index (χ0n) is 7.60. The summed E-state index contributed by atoms with van der Waals surface area (Å²) in [7, 11) is 0. The molecule has 0 aromatic heterocycles. The second-order valence-electron chi connectivity index (χ2n) is 2.12. The highest BCUT2D eigenvalue weighted by Crippen LogP contribution is 1.96. The molecule has 2 N–H and O–H groups in total. The summed E-state index contributed by atoms with van der Waals surface area (Å²) in [5.74, 6) is -0.359. The molecule has 0 saturated heterocycles. The van der Waals surface area contributed by atoms with Crippen LogP contribution in [0, 0.1) is 0 Å². The zero-order chi connectivity index (χ0) is 10.1. The molecule has 0 unspecified atom stereocenters. The Labute approximate surface area is 76.6 Å². The van der Waals surface area contributed by atoms with Crippen molar-refractivity contribution >= 4 is 5.91 Å². The molecular formula is C7H15NO5. The van der Waals surface area contributed by atoms with Crippen LogP contribution in [0.25, 0.3) is 0 Å². The molecule has 0 aromatic carbocycles. The smallest absolute Gasteiger partial charge is 0.273 e. The lowest BCUT2D eigenvalue weighted by Gasteiger charge is -2.18. The number of carbonyl (C=O) groups excluding carboxylic acids is 1. The predicted octanol–water partition coefficient (Wildman–Crippen LogP) is -0.927. The number of nitrogens with zero attached hydrogens (tertiary/aromatic N) is 1. The molecule has 0 radical (unpaired) electrons. The SMILES string of the molecule is CCC(=O)N(OCCO)OCCO. The van der Waals surface area contributed by atoms with Gasteiger partial charge in [0.25, 0.3) is 5.91 Å². The lowest BCUT2D eigenvalue weighted by molar-refractivity contribution is -0.344. The van der Waals surface area contributed by atoms with Crippen molar-refractivity contribution < 1.29 is 24.7 Å². The van der Waals surface area contributed by atoms with Crippen LogP contribution in [-0.2, 0) is 14.5 Å². The van der Waals surface area contributed by atoms with Crippen molar-refractivity contribution in [1.82, 2.24) is 5.23 Å². The van der Waals surface area contributed by atoms with Gasteiger partial charge in [0.15, 0.2) is 0 Å². The van der Waals surface area contributed by atoms with Gasteiger partial charge in [-0.2, -0.15) is 0 Å². The molecule has 0 rings (SSSR count). The normalized spacial score (nSPS) is 10.1. The molecule has 1 amide bonds. The maximum Gasteiger partial charge on any atom is 0.273 e. The van der Waals surface area contributed by atoms with Gasteiger partial charge >= 0.3 is 0 Å². The van der Waals surface area contributed by atoms with Crippen molar-refractivity contribution in [3.05, 3.63) is 0 Å². The molecule has 0 heterocycles. The van der Waals surface area contributed by atoms with Crippen molar-refractivity contribution in [3.63, 3.8) is 0 Å². The first-order chi connectivity index (χ1) is 6.26. The van der Waals surface area contributed by atoms with E-state index in [-0.39, 0.29) is 38.8 Å². The Morgan fingerprint density at radius 3 is 2.00 bits per heavy atom. The Balaban J connectivity index is 3.79. The van der Waals surface area contributed by atoms with E-state index in [0.29, 0.717) is 5.23 Å².